The molecular weight excluding hydrogens is 314 g/mol. The fourth-order valence-corrected chi connectivity index (χ4v) is 2.16. The third-order valence-electron chi connectivity index (χ3n) is 2.56. The number of esters is 1. The minimum Gasteiger partial charge on any atom is -0.540 e. The molecule has 7 heteroatoms. The van der Waals surface area contributed by atoms with E-state index in [2.05, 4.69) is 5.32 Å². The van der Waals surface area contributed by atoms with Crippen molar-refractivity contribution in [1.29, 1.82) is 0 Å². The van der Waals surface area contributed by atoms with Crippen LogP contribution in [0.15, 0.2) is 18.2 Å². The van der Waals surface area contributed by atoms with Gasteiger partial charge in [0.2, 0.25) is 5.91 Å². The number of Topliss-reactive ketones (excluding diaryl/α,β-unsaturated/α-hetero) is 1. The summed E-state index contributed by atoms with van der Waals surface area (Å²) in [5.74, 6) is -0.808. The monoisotopic (exact) mass is 335 g/mol. The van der Waals surface area contributed by atoms with Gasteiger partial charge in [0.25, 0.3) is 0 Å². The third-order valence-corrected chi connectivity index (χ3v) is 3.51. The van der Waals surface area contributed by atoms with Crippen LogP contribution in [0.4, 0.5) is 5.69 Å². The van der Waals surface area contributed by atoms with E-state index in [1.807, 2.05) is 20.8 Å². The summed E-state index contributed by atoms with van der Waals surface area (Å²) in [4.78, 5) is 34.6. The molecule has 0 aromatic heterocycles. The first-order valence-electron chi connectivity index (χ1n) is 7.08. The molecule has 0 atom stereocenters. The van der Waals surface area contributed by atoms with Gasteiger partial charge in [-0.3, -0.25) is 9.59 Å². The predicted molar refractivity (Wildman–Crippen MR) is 87.8 cm³/mol. The van der Waals surface area contributed by atoms with Gasteiger partial charge in [0, 0.05) is 0 Å². The van der Waals surface area contributed by atoms with Crippen molar-refractivity contribution < 1.29 is 23.5 Å². The molecule has 0 unspecified atom stereocenters. The largest absolute Gasteiger partial charge is 0.540 e. The fraction of sp³-hybridized carbons (Fsp3) is 0.438. The summed E-state index contributed by atoms with van der Waals surface area (Å²) in [7, 11) is 1.47. The Morgan fingerprint density at radius 2 is 1.87 bits per heavy atom. The van der Waals surface area contributed by atoms with E-state index < -0.39 is 11.9 Å². The zero-order valence-corrected chi connectivity index (χ0v) is 15.0. The first-order valence-corrected chi connectivity index (χ1v) is 7.99. The lowest BCUT2D eigenvalue weighted by molar-refractivity contribution is -0.124. The first-order chi connectivity index (χ1) is 10.6. The number of rotatable bonds is 6. The van der Waals surface area contributed by atoms with Crippen LogP contribution in [0.25, 0.3) is 0 Å². The van der Waals surface area contributed by atoms with Gasteiger partial charge in [-0.15, -0.1) is 0 Å². The van der Waals surface area contributed by atoms with E-state index in [4.69, 9.17) is 9.16 Å². The van der Waals surface area contributed by atoms with Crippen molar-refractivity contribution in [2.24, 2.45) is 0 Å². The van der Waals surface area contributed by atoms with Gasteiger partial charge in [0.1, 0.15) is 11.5 Å². The summed E-state index contributed by atoms with van der Waals surface area (Å²) in [6.45, 7) is 7.46. The predicted octanol–water partition coefficient (Wildman–Crippen LogP) is 2.61. The van der Waals surface area contributed by atoms with Gasteiger partial charge < -0.3 is 14.5 Å². The highest BCUT2D eigenvalue weighted by atomic mass is 28.2. The SMILES string of the molecule is COC(=O)c1cc(O[Si]C(C)(C)C)ccc1NC(=O)CC(C)=O. The maximum absolute atomic E-state index is 11.9. The van der Waals surface area contributed by atoms with Crippen LogP contribution >= 0.6 is 0 Å². The number of anilines is 1. The smallest absolute Gasteiger partial charge is 0.340 e. The van der Waals surface area contributed by atoms with Crippen LogP contribution in [0.1, 0.15) is 44.5 Å². The second-order valence-corrected chi connectivity index (χ2v) is 7.99. The Kier molecular flexibility index (Phi) is 6.50. The molecule has 0 heterocycles. The fourth-order valence-electron chi connectivity index (χ4n) is 1.61. The van der Waals surface area contributed by atoms with Gasteiger partial charge in [0.05, 0.1) is 24.8 Å². The number of amides is 1. The summed E-state index contributed by atoms with van der Waals surface area (Å²) in [6.07, 6.45) is -0.246. The second kappa shape index (κ2) is 7.91. The molecule has 1 rings (SSSR count). The Morgan fingerprint density at radius 1 is 1.22 bits per heavy atom. The molecule has 1 aromatic carbocycles. The van der Waals surface area contributed by atoms with Crippen LogP contribution in [0, 0.1) is 0 Å². The third kappa shape index (κ3) is 6.64. The lowest BCUT2D eigenvalue weighted by atomic mass is 10.1. The van der Waals surface area contributed by atoms with E-state index in [1.165, 1.54) is 20.1 Å². The highest BCUT2D eigenvalue weighted by Gasteiger charge is 2.18. The standard InChI is InChI=1S/C16H21NO5Si/c1-10(18)8-14(19)17-13-7-6-11(22-23-16(2,3)4)9-12(13)15(20)21-5/h6-7,9H,8H2,1-5H3,(H,17,19). The van der Waals surface area contributed by atoms with Crippen LogP contribution in [0.5, 0.6) is 5.75 Å². The van der Waals surface area contributed by atoms with Crippen molar-refractivity contribution >= 4 is 33.1 Å². The molecule has 124 valence electrons. The molecule has 0 fully saturated rings. The van der Waals surface area contributed by atoms with Gasteiger partial charge in [-0.2, -0.15) is 0 Å². The molecule has 2 radical (unpaired) electrons. The zero-order valence-electron chi connectivity index (χ0n) is 14.0. The van der Waals surface area contributed by atoms with Gasteiger partial charge in [-0.05, 0) is 30.2 Å². The number of nitrogens with one attached hydrogen (secondary N) is 1. The topological polar surface area (TPSA) is 81.7 Å². The minimum absolute atomic E-state index is 0.000195. The number of hydrogen-bond donors (Lipinski definition) is 1. The van der Waals surface area contributed by atoms with Crippen LogP contribution in [0.3, 0.4) is 0 Å². The van der Waals surface area contributed by atoms with E-state index in [1.54, 1.807) is 12.1 Å². The average molecular weight is 335 g/mol. The summed E-state index contributed by atoms with van der Waals surface area (Å²) in [6, 6.07) is 4.75. The van der Waals surface area contributed by atoms with Crippen molar-refractivity contribution in [3.63, 3.8) is 0 Å². The normalized spacial score (nSPS) is 10.8. The van der Waals surface area contributed by atoms with Crippen molar-refractivity contribution in [3.05, 3.63) is 23.8 Å². The van der Waals surface area contributed by atoms with Gasteiger partial charge in [0.15, 0.2) is 0 Å². The van der Waals surface area contributed by atoms with Gasteiger partial charge >= 0.3 is 15.7 Å². The van der Waals surface area contributed by atoms with Crippen LogP contribution in [-0.4, -0.2) is 34.5 Å². The number of methoxy groups -OCH3 is 1. The second-order valence-electron chi connectivity index (χ2n) is 6.08. The lowest BCUT2D eigenvalue weighted by Gasteiger charge is -2.17. The molecular formula is C16H21NO5Si. The van der Waals surface area contributed by atoms with Crippen molar-refractivity contribution in [2.45, 2.75) is 39.2 Å². The number of ether oxygens (including phenoxy) is 1. The molecule has 0 spiro atoms. The Morgan fingerprint density at radius 3 is 2.39 bits per heavy atom. The molecule has 23 heavy (non-hydrogen) atoms. The first kappa shape index (κ1) is 18.9. The van der Waals surface area contributed by atoms with E-state index in [0.29, 0.717) is 5.75 Å². The van der Waals surface area contributed by atoms with Crippen molar-refractivity contribution in [1.82, 2.24) is 0 Å². The van der Waals surface area contributed by atoms with E-state index >= 15 is 0 Å². The molecule has 1 amide bonds. The average Bonchev–Trinajstić information content (AvgIpc) is 2.43. The van der Waals surface area contributed by atoms with Crippen molar-refractivity contribution in [2.75, 3.05) is 12.4 Å². The van der Waals surface area contributed by atoms with Crippen LogP contribution in [-0.2, 0) is 14.3 Å². The number of hydrogen-bond acceptors (Lipinski definition) is 5. The quantitative estimate of drug-likeness (QED) is 0.491. The van der Waals surface area contributed by atoms with E-state index in [-0.39, 0.29) is 38.3 Å². The highest BCUT2D eigenvalue weighted by molar-refractivity contribution is 6.32. The molecule has 0 saturated carbocycles. The van der Waals surface area contributed by atoms with E-state index in [0.717, 1.165) is 0 Å². The Hall–Kier alpha value is -2.15. The molecule has 0 aliphatic heterocycles. The molecule has 0 aliphatic rings. The Labute approximate surface area is 138 Å². The molecule has 1 aromatic rings. The highest BCUT2D eigenvalue weighted by Crippen LogP contribution is 2.26. The van der Waals surface area contributed by atoms with Crippen molar-refractivity contribution in [3.8, 4) is 5.75 Å². The lowest BCUT2D eigenvalue weighted by Crippen LogP contribution is -2.18. The Balaban J connectivity index is 3.00. The van der Waals surface area contributed by atoms with Crippen LogP contribution in [0.2, 0.25) is 5.04 Å². The zero-order chi connectivity index (χ0) is 17.6. The van der Waals surface area contributed by atoms with Gasteiger partial charge in [-0.25, -0.2) is 4.79 Å². The van der Waals surface area contributed by atoms with E-state index in [9.17, 15) is 14.4 Å². The molecule has 0 bridgehead atoms. The molecule has 0 aliphatic carbocycles. The summed E-state index contributed by atoms with van der Waals surface area (Å²) in [5, 5.41) is 2.54. The Bertz CT molecular complexity index is 607. The minimum atomic E-state index is -0.590. The number of carbonyl (C=O) groups is 3. The molecule has 6 nitrogen and oxygen atoms in total. The summed E-state index contributed by atoms with van der Waals surface area (Å²) >= 11 is 0. The summed E-state index contributed by atoms with van der Waals surface area (Å²) < 4.78 is 10.4. The number of carbonyl (C=O) groups excluding carboxylic acids is 3. The molecule has 0 saturated heterocycles. The maximum atomic E-state index is 11.9. The molecule has 1 N–H and O–H groups in total. The van der Waals surface area contributed by atoms with Gasteiger partial charge in [-0.1, -0.05) is 20.8 Å². The van der Waals surface area contributed by atoms with Crippen LogP contribution < -0.4 is 9.74 Å². The summed E-state index contributed by atoms with van der Waals surface area (Å²) in [5.41, 5.74) is 0.468. The number of ketones is 1. The maximum Gasteiger partial charge on any atom is 0.340 e. The number of benzene rings is 1.